The van der Waals surface area contributed by atoms with Crippen LogP contribution in [0, 0.1) is 5.92 Å². The van der Waals surface area contributed by atoms with Crippen LogP contribution in [-0.4, -0.2) is 39.2 Å². The predicted octanol–water partition coefficient (Wildman–Crippen LogP) is 2.88. The average molecular weight is 369 g/mol. The molecule has 0 bridgehead atoms. The Hall–Kier alpha value is -2.42. The summed E-state index contributed by atoms with van der Waals surface area (Å²) in [7, 11) is 0. The van der Waals surface area contributed by atoms with Gasteiger partial charge in [-0.1, -0.05) is 29.4 Å². The molecule has 6 nitrogen and oxygen atoms in total. The van der Waals surface area contributed by atoms with E-state index in [4.69, 9.17) is 5.11 Å². The molecule has 1 aromatic heterocycles. The smallest absolute Gasteiger partial charge is 0.395 e. The Morgan fingerprint density at radius 1 is 1.27 bits per heavy atom. The minimum Gasteiger partial charge on any atom is -0.395 e. The second-order valence-corrected chi connectivity index (χ2v) is 6.30. The van der Waals surface area contributed by atoms with Crippen molar-refractivity contribution in [2.75, 3.05) is 13.2 Å². The highest BCUT2D eigenvalue weighted by Gasteiger charge is 2.38. The maximum absolute atomic E-state index is 12.5. The molecule has 1 amide bonds. The molecule has 2 aromatic rings. The summed E-state index contributed by atoms with van der Waals surface area (Å²) >= 11 is 0. The van der Waals surface area contributed by atoms with Crippen LogP contribution in [-0.2, 0) is 17.5 Å². The Labute approximate surface area is 147 Å². The third-order valence-corrected chi connectivity index (χ3v) is 4.14. The van der Waals surface area contributed by atoms with Crippen molar-refractivity contribution in [2.45, 2.75) is 32.0 Å². The third kappa shape index (κ3) is 4.60. The van der Waals surface area contributed by atoms with Crippen LogP contribution in [0.3, 0.4) is 0 Å². The molecular weight excluding hydrogens is 351 g/mol. The first-order valence-electron chi connectivity index (χ1n) is 8.25. The number of aliphatic hydroxyl groups excluding tert-OH is 1. The Morgan fingerprint density at radius 3 is 2.50 bits per heavy atom. The first-order valence-corrected chi connectivity index (χ1v) is 8.25. The first-order chi connectivity index (χ1) is 12.4. The lowest BCUT2D eigenvalue weighted by molar-refractivity contribution is -0.159. The van der Waals surface area contributed by atoms with Gasteiger partial charge in [0.25, 0.3) is 0 Å². The van der Waals surface area contributed by atoms with E-state index in [1.807, 2.05) is 0 Å². The van der Waals surface area contributed by atoms with E-state index in [2.05, 4.69) is 14.7 Å². The van der Waals surface area contributed by atoms with Crippen LogP contribution < -0.4 is 0 Å². The second-order valence-electron chi connectivity index (χ2n) is 6.30. The number of halogens is 3. The lowest BCUT2D eigenvalue weighted by atomic mass is 10.1. The summed E-state index contributed by atoms with van der Waals surface area (Å²) in [5.41, 5.74) is 1.18. The van der Waals surface area contributed by atoms with Crippen molar-refractivity contribution in [1.29, 1.82) is 0 Å². The number of hydrogen-bond acceptors (Lipinski definition) is 5. The van der Waals surface area contributed by atoms with Gasteiger partial charge in [0.05, 0.1) is 6.61 Å². The molecule has 1 heterocycles. The Morgan fingerprint density at radius 2 is 1.96 bits per heavy atom. The summed E-state index contributed by atoms with van der Waals surface area (Å²) in [6.45, 7) is 0.442. The molecule has 0 aliphatic heterocycles. The van der Waals surface area contributed by atoms with Gasteiger partial charge in [-0.25, -0.2) is 0 Å². The van der Waals surface area contributed by atoms with Gasteiger partial charge in [0.15, 0.2) is 0 Å². The number of nitrogens with zero attached hydrogens (tertiary/aromatic N) is 3. The third-order valence-electron chi connectivity index (χ3n) is 4.14. The summed E-state index contributed by atoms with van der Waals surface area (Å²) in [4.78, 5) is 17.2. The average Bonchev–Trinajstić information content (AvgIpc) is 3.25. The van der Waals surface area contributed by atoms with Crippen molar-refractivity contribution in [3.63, 3.8) is 0 Å². The maximum atomic E-state index is 12.5. The molecule has 1 saturated carbocycles. The lowest BCUT2D eigenvalue weighted by Crippen LogP contribution is -2.33. The zero-order valence-electron chi connectivity index (χ0n) is 13.9. The van der Waals surface area contributed by atoms with Crippen molar-refractivity contribution in [2.24, 2.45) is 5.92 Å². The monoisotopic (exact) mass is 369 g/mol. The topological polar surface area (TPSA) is 79.5 Å². The fourth-order valence-electron chi connectivity index (χ4n) is 2.55. The molecule has 3 rings (SSSR count). The number of rotatable bonds is 7. The standard InChI is InChI=1S/C17H18F3N3O3/c18-17(19,20)16-21-15(22-26-16)13-5-3-12(4-6-13)10-23(7-8-24)14(25)9-11-1-2-11/h3-6,11,24H,1-2,7-10H2. The first kappa shape index (κ1) is 18.4. The summed E-state index contributed by atoms with van der Waals surface area (Å²) in [5, 5.41) is 12.5. The Bertz CT molecular complexity index is 755. The normalized spacial score (nSPS) is 14.5. The highest BCUT2D eigenvalue weighted by molar-refractivity contribution is 5.76. The number of alkyl halides is 3. The molecule has 9 heteroatoms. The number of carbonyl (C=O) groups excluding carboxylic acids is 1. The van der Waals surface area contributed by atoms with Crippen LogP contribution in [0.25, 0.3) is 11.4 Å². The number of benzene rings is 1. The maximum Gasteiger partial charge on any atom is 0.471 e. The van der Waals surface area contributed by atoms with Gasteiger partial charge in [0, 0.05) is 25.1 Å². The van der Waals surface area contributed by atoms with Crippen molar-refractivity contribution >= 4 is 5.91 Å². The molecule has 0 atom stereocenters. The molecule has 1 aliphatic carbocycles. The minimum absolute atomic E-state index is 0.00128. The number of amides is 1. The van der Waals surface area contributed by atoms with Crippen LogP contribution in [0.4, 0.5) is 13.2 Å². The molecule has 0 radical (unpaired) electrons. The van der Waals surface area contributed by atoms with E-state index in [1.165, 1.54) is 0 Å². The van der Waals surface area contributed by atoms with Crippen molar-refractivity contribution in [3.8, 4) is 11.4 Å². The van der Waals surface area contributed by atoms with Crippen LogP contribution in [0.2, 0.25) is 0 Å². The molecular formula is C17H18F3N3O3. The summed E-state index contributed by atoms with van der Waals surface area (Å²) in [6.07, 6.45) is -2.06. The van der Waals surface area contributed by atoms with E-state index >= 15 is 0 Å². The van der Waals surface area contributed by atoms with Crippen LogP contribution in [0.5, 0.6) is 0 Å². The molecule has 1 fully saturated rings. The van der Waals surface area contributed by atoms with Gasteiger partial charge in [-0.15, -0.1) is 0 Å². The number of aliphatic hydroxyl groups is 1. The molecule has 0 saturated heterocycles. The van der Waals surface area contributed by atoms with Crippen LogP contribution in [0.1, 0.15) is 30.7 Å². The minimum atomic E-state index is -4.68. The molecule has 140 valence electrons. The van der Waals surface area contributed by atoms with Gasteiger partial charge >= 0.3 is 12.1 Å². The number of aromatic nitrogens is 2. The van der Waals surface area contributed by atoms with E-state index in [9.17, 15) is 18.0 Å². The SMILES string of the molecule is O=C(CC1CC1)N(CCO)Cc1ccc(-c2noc(C(F)(F)F)n2)cc1. The van der Waals surface area contributed by atoms with E-state index in [-0.39, 0.29) is 24.9 Å². The van der Waals surface area contributed by atoms with E-state index < -0.39 is 12.1 Å². The number of carbonyl (C=O) groups is 1. The highest BCUT2D eigenvalue weighted by atomic mass is 19.4. The molecule has 1 aromatic carbocycles. The van der Waals surface area contributed by atoms with E-state index in [0.717, 1.165) is 18.4 Å². The molecule has 0 unspecified atom stereocenters. The lowest BCUT2D eigenvalue weighted by Gasteiger charge is -2.22. The van der Waals surface area contributed by atoms with Crippen molar-refractivity contribution < 1.29 is 27.6 Å². The molecule has 1 N–H and O–H groups in total. The van der Waals surface area contributed by atoms with Gasteiger partial charge in [0.1, 0.15) is 0 Å². The van der Waals surface area contributed by atoms with Gasteiger partial charge in [-0.2, -0.15) is 18.2 Å². The molecule has 26 heavy (non-hydrogen) atoms. The quantitative estimate of drug-likeness (QED) is 0.812. The summed E-state index contributed by atoms with van der Waals surface area (Å²) in [5.74, 6) is -1.09. The largest absolute Gasteiger partial charge is 0.471 e. The summed E-state index contributed by atoms with van der Waals surface area (Å²) in [6, 6.07) is 6.52. The fourth-order valence-corrected chi connectivity index (χ4v) is 2.55. The Balaban J connectivity index is 1.67. The number of hydrogen-bond donors (Lipinski definition) is 1. The molecule has 0 spiro atoms. The van der Waals surface area contributed by atoms with Gasteiger partial charge < -0.3 is 14.5 Å². The Kier molecular flexibility index (Phi) is 5.26. The second kappa shape index (κ2) is 7.45. The zero-order chi connectivity index (χ0) is 18.7. The zero-order valence-corrected chi connectivity index (χ0v) is 13.9. The van der Waals surface area contributed by atoms with Crippen LogP contribution >= 0.6 is 0 Å². The van der Waals surface area contributed by atoms with Gasteiger partial charge in [-0.3, -0.25) is 4.79 Å². The fraction of sp³-hybridized carbons (Fsp3) is 0.471. The van der Waals surface area contributed by atoms with E-state index in [0.29, 0.717) is 24.4 Å². The van der Waals surface area contributed by atoms with Crippen molar-refractivity contribution in [1.82, 2.24) is 15.0 Å². The van der Waals surface area contributed by atoms with Gasteiger partial charge in [-0.05, 0) is 24.3 Å². The predicted molar refractivity (Wildman–Crippen MR) is 84.6 cm³/mol. The van der Waals surface area contributed by atoms with E-state index in [1.54, 1.807) is 29.2 Å². The van der Waals surface area contributed by atoms with Crippen LogP contribution in [0.15, 0.2) is 28.8 Å². The summed E-state index contributed by atoms with van der Waals surface area (Å²) < 4.78 is 41.8. The molecule has 1 aliphatic rings. The van der Waals surface area contributed by atoms with Gasteiger partial charge in [0.2, 0.25) is 11.7 Å². The van der Waals surface area contributed by atoms with Crippen molar-refractivity contribution in [3.05, 3.63) is 35.7 Å². The highest BCUT2D eigenvalue weighted by Crippen LogP contribution is 2.33.